The van der Waals surface area contributed by atoms with E-state index in [0.717, 1.165) is 32.4 Å². The van der Waals surface area contributed by atoms with Gasteiger partial charge in [-0.25, -0.2) is 8.42 Å². The Morgan fingerprint density at radius 2 is 2.11 bits per heavy atom. The highest BCUT2D eigenvalue weighted by Gasteiger charge is 2.35. The molecule has 0 amide bonds. The molecular weight excluding hydrogens is 250 g/mol. The van der Waals surface area contributed by atoms with E-state index in [9.17, 15) is 8.42 Å². The van der Waals surface area contributed by atoms with E-state index in [1.165, 1.54) is 12.7 Å². The summed E-state index contributed by atoms with van der Waals surface area (Å²) in [6, 6.07) is 0.254. The Morgan fingerprint density at radius 1 is 1.39 bits per heavy atom. The molecule has 18 heavy (non-hydrogen) atoms. The lowest BCUT2D eigenvalue weighted by Gasteiger charge is -2.41. The molecule has 1 aliphatic rings. The van der Waals surface area contributed by atoms with Crippen molar-refractivity contribution in [3.63, 3.8) is 0 Å². The lowest BCUT2D eigenvalue weighted by molar-refractivity contribution is -0.0898. The van der Waals surface area contributed by atoms with E-state index >= 15 is 0 Å². The predicted molar refractivity (Wildman–Crippen MR) is 74.6 cm³/mol. The maximum Gasteiger partial charge on any atom is 0.147 e. The number of sulfone groups is 1. The van der Waals surface area contributed by atoms with Gasteiger partial charge in [-0.15, -0.1) is 0 Å². The average molecular weight is 277 g/mol. The highest BCUT2D eigenvalue weighted by Crippen LogP contribution is 2.30. The highest BCUT2D eigenvalue weighted by molar-refractivity contribution is 7.90. The summed E-state index contributed by atoms with van der Waals surface area (Å²) in [7, 11) is -2.85. The molecule has 1 N–H and O–H groups in total. The molecular formula is C13H27NO3S. The standard InChI is InChI=1S/C13H27NO3S/c1-4-14-12(8-7-11-18(3,15)16)13(2)9-5-6-10-17-13/h12,14H,4-11H2,1-3H3. The number of hydrogen-bond acceptors (Lipinski definition) is 4. The molecule has 2 unspecified atom stereocenters. The van der Waals surface area contributed by atoms with E-state index in [1.54, 1.807) is 0 Å². The molecule has 1 rings (SSSR count). The molecule has 1 fully saturated rings. The van der Waals surface area contributed by atoms with Crippen LogP contribution in [-0.2, 0) is 14.6 Å². The van der Waals surface area contributed by atoms with Crippen LogP contribution in [-0.4, -0.2) is 45.2 Å². The smallest absolute Gasteiger partial charge is 0.147 e. The van der Waals surface area contributed by atoms with Crippen LogP contribution in [0.1, 0.15) is 46.0 Å². The largest absolute Gasteiger partial charge is 0.374 e. The van der Waals surface area contributed by atoms with Crippen molar-refractivity contribution < 1.29 is 13.2 Å². The van der Waals surface area contributed by atoms with Gasteiger partial charge in [0, 0.05) is 24.7 Å². The monoisotopic (exact) mass is 277 g/mol. The van der Waals surface area contributed by atoms with Gasteiger partial charge < -0.3 is 10.1 Å². The summed E-state index contributed by atoms with van der Waals surface area (Å²) in [6.45, 7) is 5.95. The predicted octanol–water partition coefficient (Wildman–Crippen LogP) is 1.75. The topological polar surface area (TPSA) is 55.4 Å². The van der Waals surface area contributed by atoms with E-state index in [4.69, 9.17) is 4.74 Å². The molecule has 4 nitrogen and oxygen atoms in total. The van der Waals surface area contributed by atoms with Gasteiger partial charge in [0.2, 0.25) is 0 Å². The first-order valence-corrected chi connectivity index (χ1v) is 8.98. The van der Waals surface area contributed by atoms with Gasteiger partial charge in [-0.2, -0.15) is 0 Å². The van der Waals surface area contributed by atoms with E-state index in [0.29, 0.717) is 6.42 Å². The molecule has 0 saturated carbocycles. The Morgan fingerprint density at radius 3 is 2.61 bits per heavy atom. The summed E-state index contributed by atoms with van der Waals surface area (Å²) >= 11 is 0. The van der Waals surface area contributed by atoms with Gasteiger partial charge in [0.15, 0.2) is 0 Å². The molecule has 5 heteroatoms. The summed E-state index contributed by atoms with van der Waals surface area (Å²) in [6.07, 6.45) is 6.26. The number of hydrogen-bond donors (Lipinski definition) is 1. The van der Waals surface area contributed by atoms with Crippen molar-refractivity contribution in [3.05, 3.63) is 0 Å². The van der Waals surface area contributed by atoms with Crippen LogP contribution in [0.3, 0.4) is 0 Å². The van der Waals surface area contributed by atoms with E-state index in [1.807, 2.05) is 0 Å². The van der Waals surface area contributed by atoms with Gasteiger partial charge in [0.25, 0.3) is 0 Å². The van der Waals surface area contributed by atoms with E-state index in [-0.39, 0.29) is 17.4 Å². The second-order valence-electron chi connectivity index (χ2n) is 5.50. The van der Waals surface area contributed by atoms with Crippen molar-refractivity contribution in [2.45, 2.75) is 57.6 Å². The normalized spacial score (nSPS) is 27.1. The molecule has 1 aliphatic heterocycles. The quantitative estimate of drug-likeness (QED) is 0.770. The zero-order valence-electron chi connectivity index (χ0n) is 11.9. The second-order valence-corrected chi connectivity index (χ2v) is 7.76. The Hall–Kier alpha value is -0.130. The lowest BCUT2D eigenvalue weighted by Crippen LogP contribution is -2.52. The van der Waals surface area contributed by atoms with Crippen LogP contribution in [0.2, 0.25) is 0 Å². The molecule has 0 aromatic heterocycles. The number of nitrogens with one attached hydrogen (secondary N) is 1. The molecule has 108 valence electrons. The van der Waals surface area contributed by atoms with Crippen molar-refractivity contribution in [2.75, 3.05) is 25.2 Å². The number of rotatable bonds is 7. The third kappa shape index (κ3) is 5.24. The van der Waals surface area contributed by atoms with Crippen LogP contribution in [0, 0.1) is 0 Å². The van der Waals surface area contributed by atoms with Crippen LogP contribution in [0.25, 0.3) is 0 Å². The van der Waals surface area contributed by atoms with Crippen molar-refractivity contribution in [3.8, 4) is 0 Å². The van der Waals surface area contributed by atoms with E-state index < -0.39 is 9.84 Å². The maximum absolute atomic E-state index is 11.2. The SMILES string of the molecule is CCNC(CCCS(C)(=O)=O)C1(C)CCCCO1. The van der Waals surface area contributed by atoms with Gasteiger partial charge >= 0.3 is 0 Å². The Bertz CT molecular complexity index is 334. The molecule has 0 aromatic rings. The van der Waals surface area contributed by atoms with Crippen LogP contribution in [0.5, 0.6) is 0 Å². The number of likely N-dealkylation sites (N-methyl/N-ethyl adjacent to an activating group) is 1. The minimum absolute atomic E-state index is 0.133. The summed E-state index contributed by atoms with van der Waals surface area (Å²) in [5.41, 5.74) is -0.133. The van der Waals surface area contributed by atoms with E-state index in [2.05, 4.69) is 19.2 Å². The fourth-order valence-electron chi connectivity index (χ4n) is 2.65. The Labute approximate surface area is 111 Å². The van der Waals surface area contributed by atoms with Crippen molar-refractivity contribution in [2.24, 2.45) is 0 Å². The molecule has 1 heterocycles. The fraction of sp³-hybridized carbons (Fsp3) is 1.00. The first kappa shape index (κ1) is 15.9. The van der Waals surface area contributed by atoms with Crippen LogP contribution in [0.4, 0.5) is 0 Å². The van der Waals surface area contributed by atoms with Gasteiger partial charge in [-0.1, -0.05) is 6.92 Å². The molecule has 2 atom stereocenters. The Kier molecular flexibility index (Phi) is 6.08. The molecule has 0 bridgehead atoms. The van der Waals surface area contributed by atoms with Gasteiger partial charge in [-0.3, -0.25) is 0 Å². The van der Waals surface area contributed by atoms with Crippen LogP contribution < -0.4 is 5.32 Å². The minimum Gasteiger partial charge on any atom is -0.374 e. The van der Waals surface area contributed by atoms with Crippen LogP contribution in [0.15, 0.2) is 0 Å². The average Bonchev–Trinajstić information content (AvgIpc) is 2.27. The summed E-state index contributed by atoms with van der Waals surface area (Å²) in [5, 5.41) is 3.46. The third-order valence-electron chi connectivity index (χ3n) is 3.69. The minimum atomic E-state index is -2.85. The first-order chi connectivity index (χ1) is 8.37. The fourth-order valence-corrected chi connectivity index (χ4v) is 3.34. The van der Waals surface area contributed by atoms with Crippen molar-refractivity contribution in [1.29, 1.82) is 0 Å². The van der Waals surface area contributed by atoms with Crippen LogP contribution >= 0.6 is 0 Å². The third-order valence-corrected chi connectivity index (χ3v) is 4.73. The molecule has 1 saturated heterocycles. The van der Waals surface area contributed by atoms with Gasteiger partial charge in [-0.05, 0) is 45.6 Å². The summed E-state index contributed by atoms with van der Waals surface area (Å²) in [4.78, 5) is 0. The maximum atomic E-state index is 11.2. The number of ether oxygens (including phenoxy) is 1. The molecule has 0 radical (unpaired) electrons. The molecule has 0 spiro atoms. The van der Waals surface area contributed by atoms with Gasteiger partial charge in [0.1, 0.15) is 9.84 Å². The summed E-state index contributed by atoms with van der Waals surface area (Å²) in [5.74, 6) is 0.269. The second kappa shape index (κ2) is 6.87. The zero-order valence-corrected chi connectivity index (χ0v) is 12.7. The summed E-state index contributed by atoms with van der Waals surface area (Å²) < 4.78 is 28.3. The molecule has 0 aromatic carbocycles. The Balaban J connectivity index is 2.52. The zero-order chi connectivity index (χ0) is 13.6. The molecule has 0 aliphatic carbocycles. The lowest BCUT2D eigenvalue weighted by atomic mass is 9.86. The van der Waals surface area contributed by atoms with Crippen molar-refractivity contribution >= 4 is 9.84 Å². The first-order valence-electron chi connectivity index (χ1n) is 6.92. The highest BCUT2D eigenvalue weighted by atomic mass is 32.2. The van der Waals surface area contributed by atoms with Gasteiger partial charge in [0.05, 0.1) is 5.60 Å². The van der Waals surface area contributed by atoms with Crippen molar-refractivity contribution in [1.82, 2.24) is 5.32 Å².